The van der Waals surface area contributed by atoms with Crippen molar-refractivity contribution >= 4 is 29.0 Å². The first-order valence-corrected chi connectivity index (χ1v) is 8.70. The van der Waals surface area contributed by atoms with Crippen LogP contribution in [0.4, 0.5) is 24.5 Å². The van der Waals surface area contributed by atoms with E-state index in [2.05, 4.69) is 5.32 Å². The molecule has 0 saturated heterocycles. The van der Waals surface area contributed by atoms with E-state index in [0.717, 1.165) is 17.8 Å². The number of nitrogens with zero attached hydrogens (tertiary/aromatic N) is 1. The van der Waals surface area contributed by atoms with E-state index in [-0.39, 0.29) is 17.2 Å². The largest absolute Gasteiger partial charge is 0.508 e. The Labute approximate surface area is 161 Å². The molecule has 2 aromatic rings. The molecule has 150 valence electrons. The number of halogens is 3. The second kappa shape index (κ2) is 8.07. The number of rotatable bonds is 6. The average Bonchev–Trinajstić information content (AvgIpc) is 2.60. The van der Waals surface area contributed by atoms with E-state index in [9.17, 15) is 38.3 Å². The molecular weight excluding hydrogens is 401 g/mol. The first-order chi connectivity index (χ1) is 12.9. The molecule has 0 spiro atoms. The van der Waals surface area contributed by atoms with Gasteiger partial charge in [-0.25, -0.2) is 0 Å². The van der Waals surface area contributed by atoms with Gasteiger partial charge in [0.05, 0.1) is 4.92 Å². The number of thioether (sulfide) groups is 1. The predicted octanol–water partition coefficient (Wildman–Crippen LogP) is 3.80. The zero-order valence-electron chi connectivity index (χ0n) is 14.4. The number of phenols is 1. The van der Waals surface area contributed by atoms with Gasteiger partial charge in [-0.2, -0.15) is 13.2 Å². The van der Waals surface area contributed by atoms with Crippen LogP contribution in [-0.2, 0) is 11.0 Å². The smallest absolute Gasteiger partial charge is 0.423 e. The molecule has 0 aliphatic carbocycles. The van der Waals surface area contributed by atoms with E-state index >= 15 is 0 Å². The van der Waals surface area contributed by atoms with E-state index in [1.807, 2.05) is 0 Å². The van der Waals surface area contributed by atoms with Crippen LogP contribution in [0.3, 0.4) is 0 Å². The molecule has 0 aliphatic heterocycles. The third-order valence-electron chi connectivity index (χ3n) is 3.60. The Hall–Kier alpha value is -2.79. The number of hydrogen-bond donors (Lipinski definition) is 3. The van der Waals surface area contributed by atoms with Crippen LogP contribution >= 0.6 is 11.8 Å². The average molecular weight is 416 g/mol. The van der Waals surface area contributed by atoms with Crippen LogP contribution in [0.15, 0.2) is 47.4 Å². The fourth-order valence-electron chi connectivity index (χ4n) is 2.10. The predicted molar refractivity (Wildman–Crippen MR) is 96.2 cm³/mol. The van der Waals surface area contributed by atoms with Gasteiger partial charge in [-0.05, 0) is 43.3 Å². The molecule has 0 aromatic heterocycles. The molecule has 0 saturated carbocycles. The molecule has 2 aromatic carbocycles. The van der Waals surface area contributed by atoms with Crippen molar-refractivity contribution in [2.75, 3.05) is 11.1 Å². The van der Waals surface area contributed by atoms with Crippen molar-refractivity contribution < 1.29 is 33.1 Å². The van der Waals surface area contributed by atoms with Crippen LogP contribution in [0.25, 0.3) is 0 Å². The number of aliphatic hydroxyl groups is 1. The molecule has 0 fully saturated rings. The number of hydrogen-bond acceptors (Lipinski definition) is 6. The fourth-order valence-corrected chi connectivity index (χ4v) is 3.00. The van der Waals surface area contributed by atoms with Gasteiger partial charge in [-0.15, -0.1) is 11.8 Å². The van der Waals surface area contributed by atoms with E-state index < -0.39 is 33.9 Å². The third-order valence-corrected chi connectivity index (χ3v) is 4.91. The number of carbonyl (C=O) groups is 1. The Morgan fingerprint density at radius 2 is 1.82 bits per heavy atom. The summed E-state index contributed by atoms with van der Waals surface area (Å²) in [5, 5.41) is 32.4. The number of aromatic hydroxyl groups is 1. The van der Waals surface area contributed by atoms with Gasteiger partial charge in [0.25, 0.3) is 11.6 Å². The summed E-state index contributed by atoms with van der Waals surface area (Å²) in [4.78, 5) is 22.5. The van der Waals surface area contributed by atoms with Crippen LogP contribution < -0.4 is 5.32 Å². The summed E-state index contributed by atoms with van der Waals surface area (Å²) in [6.45, 7) is 1.19. The molecule has 0 heterocycles. The van der Waals surface area contributed by atoms with E-state index in [1.54, 1.807) is 12.1 Å². The maximum absolute atomic E-state index is 13.0. The lowest BCUT2D eigenvalue weighted by Crippen LogP contribution is -2.42. The molecular formula is C17H15F3N2O5S. The van der Waals surface area contributed by atoms with Crippen molar-refractivity contribution in [3.8, 4) is 5.75 Å². The zero-order valence-corrected chi connectivity index (χ0v) is 15.2. The van der Waals surface area contributed by atoms with Crippen molar-refractivity contribution in [2.45, 2.75) is 23.6 Å². The highest BCUT2D eigenvalue weighted by molar-refractivity contribution is 7.99. The molecule has 0 radical (unpaired) electrons. The molecule has 11 heteroatoms. The van der Waals surface area contributed by atoms with Gasteiger partial charge in [0.1, 0.15) is 16.9 Å². The maximum atomic E-state index is 13.0. The van der Waals surface area contributed by atoms with Crippen LogP contribution in [-0.4, -0.2) is 32.4 Å². The van der Waals surface area contributed by atoms with Gasteiger partial charge in [0.2, 0.25) is 0 Å². The van der Waals surface area contributed by atoms with Gasteiger partial charge < -0.3 is 15.5 Å². The highest BCUT2D eigenvalue weighted by Gasteiger charge is 2.39. The molecule has 1 amide bonds. The first kappa shape index (κ1) is 21.5. The van der Waals surface area contributed by atoms with Gasteiger partial charge >= 0.3 is 6.18 Å². The van der Waals surface area contributed by atoms with E-state index in [1.165, 1.54) is 19.1 Å². The summed E-state index contributed by atoms with van der Waals surface area (Å²) in [5.41, 5.74) is -4.92. The van der Waals surface area contributed by atoms with Crippen molar-refractivity contribution in [2.24, 2.45) is 0 Å². The minimum absolute atomic E-state index is 0.0486. The minimum atomic E-state index is -4.99. The lowest BCUT2D eigenvalue weighted by Gasteiger charge is -2.22. The van der Waals surface area contributed by atoms with Crippen LogP contribution in [0.5, 0.6) is 5.75 Å². The Bertz CT molecular complexity index is 885. The molecule has 0 aliphatic rings. The van der Waals surface area contributed by atoms with Gasteiger partial charge in [0.15, 0.2) is 0 Å². The number of alkyl halides is 3. The highest BCUT2D eigenvalue weighted by atomic mass is 32.2. The Kier molecular flexibility index (Phi) is 6.20. The summed E-state index contributed by atoms with van der Waals surface area (Å²) >= 11 is 1.10. The van der Waals surface area contributed by atoms with Crippen molar-refractivity contribution in [3.63, 3.8) is 0 Å². The molecule has 0 bridgehead atoms. The Morgan fingerprint density at radius 1 is 1.21 bits per heavy atom. The van der Waals surface area contributed by atoms with Crippen molar-refractivity contribution in [1.29, 1.82) is 0 Å². The molecule has 28 heavy (non-hydrogen) atoms. The van der Waals surface area contributed by atoms with Crippen molar-refractivity contribution in [3.05, 3.63) is 58.1 Å². The number of nitro groups is 1. The van der Waals surface area contributed by atoms with Gasteiger partial charge in [-0.1, -0.05) is 0 Å². The lowest BCUT2D eigenvalue weighted by atomic mass is 10.1. The molecule has 2 rings (SSSR count). The Morgan fingerprint density at radius 3 is 2.36 bits per heavy atom. The summed E-state index contributed by atoms with van der Waals surface area (Å²) in [7, 11) is 0. The minimum Gasteiger partial charge on any atom is -0.508 e. The zero-order chi connectivity index (χ0) is 21.1. The van der Waals surface area contributed by atoms with Gasteiger partial charge in [-0.3, -0.25) is 14.9 Å². The number of amides is 1. The standard InChI is InChI=1S/C17H15F3N2O5S/c1-16(25,9-28-12-5-3-11(23)4-6-12)15(24)21-10-2-7-14(22(26)27)13(8-10)17(18,19)20/h2-8,23,25H,9H2,1H3,(H,21,24)/t16-/m0/s1. The fraction of sp³-hybridized carbons (Fsp3) is 0.235. The van der Waals surface area contributed by atoms with Crippen LogP contribution in [0, 0.1) is 10.1 Å². The second-order valence-corrected chi connectivity index (χ2v) is 7.05. The molecule has 1 atom stereocenters. The third kappa shape index (κ3) is 5.36. The topological polar surface area (TPSA) is 113 Å². The number of benzene rings is 2. The number of anilines is 1. The summed E-state index contributed by atoms with van der Waals surface area (Å²) in [5.74, 6) is -1.05. The summed E-state index contributed by atoms with van der Waals surface area (Å²) < 4.78 is 39.0. The van der Waals surface area contributed by atoms with Gasteiger partial charge in [0, 0.05) is 22.4 Å². The van der Waals surface area contributed by atoms with Crippen LogP contribution in [0.2, 0.25) is 0 Å². The first-order valence-electron chi connectivity index (χ1n) is 7.71. The van der Waals surface area contributed by atoms with Crippen LogP contribution in [0.1, 0.15) is 12.5 Å². The molecule has 3 N–H and O–H groups in total. The molecule has 7 nitrogen and oxygen atoms in total. The maximum Gasteiger partial charge on any atom is 0.423 e. The van der Waals surface area contributed by atoms with E-state index in [0.29, 0.717) is 17.0 Å². The SMILES string of the molecule is C[C@](O)(CSc1ccc(O)cc1)C(=O)Nc1ccc([N+](=O)[O-])c(C(F)(F)F)c1. The molecule has 0 unspecified atom stereocenters. The summed E-state index contributed by atoms with van der Waals surface area (Å²) in [6, 6.07) is 8.02. The highest BCUT2D eigenvalue weighted by Crippen LogP contribution is 2.37. The number of phenolic OH excluding ortho intramolecular Hbond substituents is 1. The monoisotopic (exact) mass is 416 g/mol. The second-order valence-electron chi connectivity index (χ2n) is 6.00. The Balaban J connectivity index is 2.14. The summed E-state index contributed by atoms with van der Waals surface area (Å²) in [6.07, 6.45) is -4.99. The van der Waals surface area contributed by atoms with Crippen molar-refractivity contribution in [1.82, 2.24) is 0 Å². The lowest BCUT2D eigenvalue weighted by molar-refractivity contribution is -0.388. The number of nitrogens with one attached hydrogen (secondary N) is 1. The number of nitro benzene ring substituents is 1. The van der Waals surface area contributed by atoms with E-state index in [4.69, 9.17) is 0 Å². The number of carbonyl (C=O) groups excluding carboxylic acids is 1. The quantitative estimate of drug-likeness (QED) is 0.375. The normalized spacial score (nSPS) is 13.6.